The quantitative estimate of drug-likeness (QED) is 0.775. The average Bonchev–Trinajstić information content (AvgIpc) is 2.81. The number of rotatable bonds is 4. The van der Waals surface area contributed by atoms with Crippen LogP contribution in [0.2, 0.25) is 0 Å². The molecule has 1 aromatic carbocycles. The van der Waals surface area contributed by atoms with Gasteiger partial charge in [0.05, 0.1) is 10.8 Å². The third-order valence-corrected chi connectivity index (χ3v) is 4.65. The molecule has 1 saturated heterocycles. The number of carbonyl (C=O) groups is 2. The van der Waals surface area contributed by atoms with Crippen LogP contribution in [-0.4, -0.2) is 33.8 Å². The number of hydrogen-bond donors (Lipinski definition) is 2. The topological polar surface area (TPSA) is 110 Å². The molecular weight excluding hydrogens is 282 g/mol. The minimum absolute atomic E-state index is 0.0539. The van der Waals surface area contributed by atoms with Crippen molar-refractivity contribution in [2.75, 3.05) is 18.5 Å². The van der Waals surface area contributed by atoms with Crippen LogP contribution in [0.15, 0.2) is 29.2 Å². The Morgan fingerprint density at radius 1 is 1.45 bits per heavy atom. The number of nitrogens with one attached hydrogen (secondary N) is 1. The van der Waals surface area contributed by atoms with E-state index in [1.54, 1.807) is 12.1 Å². The fraction of sp³-hybridized carbons (Fsp3) is 0.333. The normalized spacial score (nSPS) is 19.4. The molecule has 1 aromatic rings. The lowest BCUT2D eigenvalue weighted by Gasteiger charge is -2.17. The van der Waals surface area contributed by atoms with Crippen molar-refractivity contribution in [2.45, 2.75) is 11.3 Å². The molecule has 0 radical (unpaired) electrons. The number of primary amides is 1. The zero-order valence-electron chi connectivity index (χ0n) is 10.9. The molecule has 0 spiro atoms. The third kappa shape index (κ3) is 2.66. The van der Waals surface area contributed by atoms with Gasteiger partial charge in [-0.25, -0.2) is 13.1 Å². The van der Waals surface area contributed by atoms with Crippen molar-refractivity contribution in [1.82, 2.24) is 4.72 Å². The molecule has 0 aromatic heterocycles. The Morgan fingerprint density at radius 2 is 2.15 bits per heavy atom. The van der Waals surface area contributed by atoms with Gasteiger partial charge in [0, 0.05) is 18.7 Å². The summed E-state index contributed by atoms with van der Waals surface area (Å²) in [4.78, 5) is 24.4. The van der Waals surface area contributed by atoms with Crippen molar-refractivity contribution in [3.8, 4) is 0 Å². The van der Waals surface area contributed by atoms with Gasteiger partial charge < -0.3 is 10.6 Å². The van der Waals surface area contributed by atoms with Gasteiger partial charge in [-0.3, -0.25) is 9.59 Å². The molecule has 2 rings (SSSR count). The van der Waals surface area contributed by atoms with E-state index >= 15 is 0 Å². The number of anilines is 1. The van der Waals surface area contributed by atoms with Crippen LogP contribution in [-0.2, 0) is 19.6 Å². The van der Waals surface area contributed by atoms with Crippen molar-refractivity contribution in [1.29, 1.82) is 0 Å². The van der Waals surface area contributed by atoms with E-state index in [2.05, 4.69) is 4.72 Å². The van der Waals surface area contributed by atoms with Crippen LogP contribution in [0, 0.1) is 5.92 Å². The van der Waals surface area contributed by atoms with Crippen LogP contribution in [0.4, 0.5) is 5.69 Å². The van der Waals surface area contributed by atoms with Crippen LogP contribution < -0.4 is 15.4 Å². The summed E-state index contributed by atoms with van der Waals surface area (Å²) in [5, 5.41) is 0. The first-order valence-corrected chi connectivity index (χ1v) is 7.47. The maximum absolute atomic E-state index is 11.9. The summed E-state index contributed by atoms with van der Waals surface area (Å²) >= 11 is 0. The molecule has 1 fully saturated rings. The lowest BCUT2D eigenvalue weighted by molar-refractivity contribution is -0.123. The number of benzene rings is 1. The molecule has 0 saturated carbocycles. The molecule has 8 heteroatoms. The minimum atomic E-state index is -3.58. The first-order valence-electron chi connectivity index (χ1n) is 5.98. The fourth-order valence-electron chi connectivity index (χ4n) is 2.08. The molecule has 1 unspecified atom stereocenters. The van der Waals surface area contributed by atoms with E-state index in [1.807, 2.05) is 0 Å². The number of carbonyl (C=O) groups excluding carboxylic acids is 2. The zero-order chi connectivity index (χ0) is 14.9. The van der Waals surface area contributed by atoms with Crippen LogP contribution in [0.25, 0.3) is 0 Å². The van der Waals surface area contributed by atoms with E-state index in [0.717, 1.165) is 0 Å². The van der Waals surface area contributed by atoms with E-state index in [-0.39, 0.29) is 23.8 Å². The van der Waals surface area contributed by atoms with Gasteiger partial charge in [-0.05, 0) is 25.2 Å². The minimum Gasteiger partial charge on any atom is -0.369 e. The maximum atomic E-state index is 11.9. The summed E-state index contributed by atoms with van der Waals surface area (Å²) in [5.74, 6) is -1.31. The second-order valence-electron chi connectivity index (χ2n) is 4.51. The highest BCUT2D eigenvalue weighted by Crippen LogP contribution is 2.26. The highest BCUT2D eigenvalue weighted by molar-refractivity contribution is 7.89. The van der Waals surface area contributed by atoms with Crippen LogP contribution >= 0.6 is 0 Å². The molecular formula is C12H15N3O4S. The molecule has 1 heterocycles. The Hall–Kier alpha value is -1.93. The Balaban J connectivity index is 2.33. The number of sulfonamides is 1. The molecule has 3 N–H and O–H groups in total. The van der Waals surface area contributed by atoms with Crippen molar-refractivity contribution < 1.29 is 18.0 Å². The Morgan fingerprint density at radius 3 is 2.70 bits per heavy atom. The van der Waals surface area contributed by atoms with Crippen molar-refractivity contribution in [3.05, 3.63) is 24.3 Å². The van der Waals surface area contributed by atoms with Gasteiger partial charge in [-0.15, -0.1) is 0 Å². The molecule has 20 heavy (non-hydrogen) atoms. The van der Waals surface area contributed by atoms with Gasteiger partial charge in [0.15, 0.2) is 0 Å². The van der Waals surface area contributed by atoms with Gasteiger partial charge >= 0.3 is 0 Å². The number of nitrogens with two attached hydrogens (primary N) is 1. The van der Waals surface area contributed by atoms with E-state index in [4.69, 9.17) is 5.73 Å². The standard InChI is InChI=1S/C12H15N3O4S/c1-14-20(18,19)10-4-2-3-9(6-10)15-7-8(12(13)17)5-11(15)16/h2-4,6,8,14H,5,7H2,1H3,(H2,13,17). The third-order valence-electron chi connectivity index (χ3n) is 3.24. The summed E-state index contributed by atoms with van der Waals surface area (Å²) in [5.41, 5.74) is 5.64. The lowest BCUT2D eigenvalue weighted by atomic mass is 10.1. The average molecular weight is 297 g/mol. The summed E-state index contributed by atoms with van der Waals surface area (Å²) in [6.07, 6.45) is 0.0539. The number of hydrogen-bond acceptors (Lipinski definition) is 4. The number of nitrogens with zero attached hydrogens (tertiary/aromatic N) is 1. The van der Waals surface area contributed by atoms with E-state index in [1.165, 1.54) is 24.1 Å². The molecule has 7 nitrogen and oxygen atoms in total. The van der Waals surface area contributed by atoms with Gasteiger partial charge in [0.25, 0.3) is 0 Å². The highest BCUT2D eigenvalue weighted by Gasteiger charge is 2.34. The van der Waals surface area contributed by atoms with Gasteiger partial charge in [-0.1, -0.05) is 6.07 Å². The largest absolute Gasteiger partial charge is 0.369 e. The first-order chi connectivity index (χ1) is 9.35. The summed E-state index contributed by atoms with van der Waals surface area (Å²) < 4.78 is 25.7. The maximum Gasteiger partial charge on any atom is 0.240 e. The predicted octanol–water partition coefficient (Wildman–Crippen LogP) is -0.567. The van der Waals surface area contributed by atoms with Gasteiger partial charge in [0.2, 0.25) is 21.8 Å². The molecule has 1 atom stereocenters. The Bertz CT molecular complexity index is 656. The molecule has 1 aliphatic rings. The zero-order valence-corrected chi connectivity index (χ0v) is 11.7. The second kappa shape index (κ2) is 5.22. The van der Waals surface area contributed by atoms with Gasteiger partial charge in [-0.2, -0.15) is 0 Å². The Labute approximate surface area is 116 Å². The SMILES string of the molecule is CNS(=O)(=O)c1cccc(N2CC(C(N)=O)CC2=O)c1. The van der Waals surface area contributed by atoms with Crippen molar-refractivity contribution in [3.63, 3.8) is 0 Å². The van der Waals surface area contributed by atoms with Crippen LogP contribution in [0.3, 0.4) is 0 Å². The smallest absolute Gasteiger partial charge is 0.240 e. The molecule has 0 bridgehead atoms. The van der Waals surface area contributed by atoms with E-state index in [9.17, 15) is 18.0 Å². The second-order valence-corrected chi connectivity index (χ2v) is 6.40. The molecule has 0 aliphatic carbocycles. The van der Waals surface area contributed by atoms with Crippen molar-refractivity contribution in [2.24, 2.45) is 11.7 Å². The molecule has 1 aliphatic heterocycles. The van der Waals surface area contributed by atoms with E-state index in [0.29, 0.717) is 5.69 Å². The van der Waals surface area contributed by atoms with Gasteiger partial charge in [0.1, 0.15) is 0 Å². The van der Waals surface area contributed by atoms with Crippen LogP contribution in [0.1, 0.15) is 6.42 Å². The molecule has 2 amide bonds. The first kappa shape index (κ1) is 14.5. The Kier molecular flexibility index (Phi) is 3.78. The molecule has 108 valence electrons. The lowest BCUT2D eigenvalue weighted by Crippen LogP contribution is -2.28. The summed E-state index contributed by atoms with van der Waals surface area (Å²) in [7, 11) is -2.27. The van der Waals surface area contributed by atoms with Crippen molar-refractivity contribution >= 4 is 27.5 Å². The predicted molar refractivity (Wildman–Crippen MR) is 72.3 cm³/mol. The summed E-state index contributed by atoms with van der Waals surface area (Å²) in [6.45, 7) is 0.178. The summed E-state index contributed by atoms with van der Waals surface area (Å²) in [6, 6.07) is 5.99. The fourth-order valence-corrected chi connectivity index (χ4v) is 2.85. The highest BCUT2D eigenvalue weighted by atomic mass is 32.2. The van der Waals surface area contributed by atoms with E-state index < -0.39 is 21.8 Å². The van der Waals surface area contributed by atoms with Crippen LogP contribution in [0.5, 0.6) is 0 Å². The number of amides is 2. The monoisotopic (exact) mass is 297 g/mol.